The normalized spacial score (nSPS) is 12.7. The van der Waals surface area contributed by atoms with Crippen LogP contribution in [-0.2, 0) is 0 Å². The summed E-state index contributed by atoms with van der Waals surface area (Å²) in [6.07, 6.45) is 7.98. The van der Waals surface area contributed by atoms with E-state index in [2.05, 4.69) is 24.9 Å². The lowest BCUT2D eigenvalue weighted by atomic mass is 9.88. The van der Waals surface area contributed by atoms with Crippen molar-refractivity contribution < 1.29 is 0 Å². The van der Waals surface area contributed by atoms with Gasteiger partial charge in [-0.15, -0.1) is 0 Å². The maximum atomic E-state index is 11.9. The van der Waals surface area contributed by atoms with Gasteiger partial charge in [0.2, 0.25) is 0 Å². The van der Waals surface area contributed by atoms with Crippen molar-refractivity contribution in [2.45, 2.75) is 51.9 Å². The molecule has 1 unspecified atom stereocenters. The van der Waals surface area contributed by atoms with E-state index in [1.807, 2.05) is 24.4 Å². The minimum absolute atomic E-state index is 0.0186. The molecule has 0 saturated carbocycles. The molecule has 2 rings (SSSR count). The summed E-state index contributed by atoms with van der Waals surface area (Å²) in [5, 5.41) is 1.94. The first kappa shape index (κ1) is 13.9. The van der Waals surface area contributed by atoms with Crippen molar-refractivity contribution in [3.8, 4) is 0 Å². The Labute approximate surface area is 114 Å². The van der Waals surface area contributed by atoms with Crippen molar-refractivity contribution >= 4 is 10.8 Å². The third kappa shape index (κ3) is 3.06. The molecule has 1 heterocycles. The number of fused-ring (bicyclic) bond motifs is 1. The summed E-state index contributed by atoms with van der Waals surface area (Å²) in [6.45, 7) is 4.46. The number of hydrogen-bond acceptors (Lipinski definition) is 1. The van der Waals surface area contributed by atoms with Gasteiger partial charge < -0.3 is 4.98 Å². The number of aromatic nitrogens is 1. The van der Waals surface area contributed by atoms with Crippen molar-refractivity contribution in [2.24, 2.45) is 0 Å². The quantitative estimate of drug-likeness (QED) is 0.805. The highest BCUT2D eigenvalue weighted by Crippen LogP contribution is 2.30. The van der Waals surface area contributed by atoms with E-state index in [1.54, 1.807) is 0 Å². The van der Waals surface area contributed by atoms with Crippen LogP contribution in [0, 0.1) is 0 Å². The highest BCUT2D eigenvalue weighted by atomic mass is 16.1. The van der Waals surface area contributed by atoms with Gasteiger partial charge in [-0.2, -0.15) is 0 Å². The monoisotopic (exact) mass is 257 g/mol. The second-order valence-electron chi connectivity index (χ2n) is 5.25. The molecule has 102 valence electrons. The van der Waals surface area contributed by atoms with Gasteiger partial charge in [0.05, 0.1) is 0 Å². The molecular weight excluding hydrogens is 234 g/mol. The SMILES string of the molecule is CCCCC(CCC)c1c[nH]c(=O)c2ccccc12. The third-order valence-corrected chi connectivity index (χ3v) is 3.82. The van der Waals surface area contributed by atoms with Crippen LogP contribution in [0.4, 0.5) is 0 Å². The van der Waals surface area contributed by atoms with E-state index in [9.17, 15) is 4.79 Å². The molecule has 2 heteroatoms. The van der Waals surface area contributed by atoms with Crippen LogP contribution in [0.25, 0.3) is 10.8 Å². The molecule has 0 aliphatic rings. The van der Waals surface area contributed by atoms with Gasteiger partial charge in [-0.05, 0) is 35.8 Å². The Balaban J connectivity index is 2.47. The van der Waals surface area contributed by atoms with Crippen LogP contribution in [-0.4, -0.2) is 4.98 Å². The zero-order valence-electron chi connectivity index (χ0n) is 11.9. The Morgan fingerprint density at radius 3 is 2.47 bits per heavy atom. The van der Waals surface area contributed by atoms with Crippen LogP contribution in [0.1, 0.15) is 57.4 Å². The Morgan fingerprint density at radius 1 is 1.05 bits per heavy atom. The number of pyridine rings is 1. The van der Waals surface area contributed by atoms with Crippen molar-refractivity contribution in [1.82, 2.24) is 4.98 Å². The lowest BCUT2D eigenvalue weighted by Crippen LogP contribution is -2.09. The maximum absolute atomic E-state index is 11.9. The average molecular weight is 257 g/mol. The van der Waals surface area contributed by atoms with Crippen molar-refractivity contribution in [3.05, 3.63) is 46.4 Å². The molecule has 0 fully saturated rings. The largest absolute Gasteiger partial charge is 0.328 e. The summed E-state index contributed by atoms with van der Waals surface area (Å²) >= 11 is 0. The maximum Gasteiger partial charge on any atom is 0.255 e. The van der Waals surface area contributed by atoms with E-state index >= 15 is 0 Å². The van der Waals surface area contributed by atoms with E-state index in [4.69, 9.17) is 0 Å². The van der Waals surface area contributed by atoms with E-state index < -0.39 is 0 Å². The molecule has 1 aromatic carbocycles. The summed E-state index contributed by atoms with van der Waals surface area (Å²) in [5.74, 6) is 0.562. The van der Waals surface area contributed by atoms with Crippen LogP contribution in [0.3, 0.4) is 0 Å². The Hall–Kier alpha value is -1.57. The van der Waals surface area contributed by atoms with E-state index in [1.165, 1.54) is 37.7 Å². The molecule has 0 aliphatic carbocycles. The first-order valence-corrected chi connectivity index (χ1v) is 7.38. The van der Waals surface area contributed by atoms with E-state index in [0.29, 0.717) is 5.92 Å². The lowest BCUT2D eigenvalue weighted by Gasteiger charge is -2.18. The summed E-state index contributed by atoms with van der Waals surface area (Å²) in [7, 11) is 0. The molecule has 1 atom stereocenters. The zero-order valence-corrected chi connectivity index (χ0v) is 11.9. The van der Waals surface area contributed by atoms with Crippen LogP contribution < -0.4 is 5.56 Å². The first-order chi connectivity index (χ1) is 9.27. The average Bonchev–Trinajstić information content (AvgIpc) is 2.45. The highest BCUT2D eigenvalue weighted by molar-refractivity contribution is 5.84. The lowest BCUT2D eigenvalue weighted by molar-refractivity contribution is 0.542. The standard InChI is InChI=1S/C17H23NO/c1-3-5-9-13(8-4-2)16-12-18-17(19)15-11-7-6-10-14(15)16/h6-7,10-13H,3-5,8-9H2,1-2H3,(H,18,19). The molecule has 19 heavy (non-hydrogen) atoms. The molecule has 0 amide bonds. The van der Waals surface area contributed by atoms with Gasteiger partial charge in [-0.3, -0.25) is 4.79 Å². The topological polar surface area (TPSA) is 32.9 Å². The van der Waals surface area contributed by atoms with Crippen LogP contribution in [0.5, 0.6) is 0 Å². The van der Waals surface area contributed by atoms with Gasteiger partial charge in [0.15, 0.2) is 0 Å². The van der Waals surface area contributed by atoms with Gasteiger partial charge in [-0.1, -0.05) is 51.3 Å². The van der Waals surface area contributed by atoms with Gasteiger partial charge in [0.25, 0.3) is 5.56 Å². The molecule has 1 N–H and O–H groups in total. The second-order valence-corrected chi connectivity index (χ2v) is 5.25. The van der Waals surface area contributed by atoms with Crippen LogP contribution in [0.15, 0.2) is 35.3 Å². The smallest absolute Gasteiger partial charge is 0.255 e. The summed E-state index contributed by atoms with van der Waals surface area (Å²) in [5.41, 5.74) is 1.33. The van der Waals surface area contributed by atoms with Crippen molar-refractivity contribution in [1.29, 1.82) is 0 Å². The fourth-order valence-corrected chi connectivity index (χ4v) is 2.82. The molecular formula is C17H23NO. The van der Waals surface area contributed by atoms with Gasteiger partial charge in [-0.25, -0.2) is 0 Å². The number of unbranched alkanes of at least 4 members (excludes halogenated alkanes) is 1. The molecule has 2 aromatic rings. The number of rotatable bonds is 6. The van der Waals surface area contributed by atoms with Gasteiger partial charge >= 0.3 is 0 Å². The molecule has 2 nitrogen and oxygen atoms in total. The van der Waals surface area contributed by atoms with Crippen molar-refractivity contribution in [3.63, 3.8) is 0 Å². The number of nitrogens with one attached hydrogen (secondary N) is 1. The minimum atomic E-state index is 0.0186. The molecule has 1 aromatic heterocycles. The van der Waals surface area contributed by atoms with Gasteiger partial charge in [0, 0.05) is 11.6 Å². The summed E-state index contributed by atoms with van der Waals surface area (Å²) in [6, 6.07) is 7.95. The Kier molecular flexibility index (Phi) is 4.78. The van der Waals surface area contributed by atoms with E-state index in [-0.39, 0.29) is 5.56 Å². The Bertz CT molecular complexity index is 585. The Morgan fingerprint density at radius 2 is 1.79 bits per heavy atom. The number of H-pyrrole nitrogens is 1. The summed E-state index contributed by atoms with van der Waals surface area (Å²) in [4.78, 5) is 14.8. The number of aromatic amines is 1. The summed E-state index contributed by atoms with van der Waals surface area (Å²) < 4.78 is 0. The van der Waals surface area contributed by atoms with Crippen LogP contribution in [0.2, 0.25) is 0 Å². The third-order valence-electron chi connectivity index (χ3n) is 3.82. The number of hydrogen-bond donors (Lipinski definition) is 1. The van der Waals surface area contributed by atoms with Crippen molar-refractivity contribution in [2.75, 3.05) is 0 Å². The molecule has 0 spiro atoms. The highest BCUT2D eigenvalue weighted by Gasteiger charge is 2.14. The van der Waals surface area contributed by atoms with Crippen LogP contribution >= 0.6 is 0 Å². The van der Waals surface area contributed by atoms with Gasteiger partial charge in [0.1, 0.15) is 0 Å². The second kappa shape index (κ2) is 6.55. The molecule has 0 saturated heterocycles. The predicted octanol–water partition coefficient (Wildman–Crippen LogP) is 4.60. The fraction of sp³-hybridized carbons (Fsp3) is 0.471. The molecule has 0 bridgehead atoms. The predicted molar refractivity (Wildman–Crippen MR) is 81.7 cm³/mol. The minimum Gasteiger partial charge on any atom is -0.328 e. The first-order valence-electron chi connectivity index (χ1n) is 7.38. The fourth-order valence-electron chi connectivity index (χ4n) is 2.82. The molecule has 0 radical (unpaired) electrons. The van der Waals surface area contributed by atoms with E-state index in [0.717, 1.165) is 10.8 Å². The zero-order chi connectivity index (χ0) is 13.7. The molecule has 0 aliphatic heterocycles. The number of benzene rings is 1.